The number of halogens is 1. The van der Waals surface area contributed by atoms with Crippen LogP contribution in [0.4, 0.5) is 5.69 Å². The Hall–Kier alpha value is -3.45. The second-order valence-corrected chi connectivity index (χ2v) is 6.59. The maximum Gasteiger partial charge on any atom is 0.278 e. The number of hydrogen-bond acceptors (Lipinski definition) is 4. The van der Waals surface area contributed by atoms with E-state index in [2.05, 4.69) is 15.1 Å². The molecule has 0 saturated carbocycles. The highest BCUT2D eigenvalue weighted by Crippen LogP contribution is 2.21. The van der Waals surface area contributed by atoms with Crippen molar-refractivity contribution in [3.05, 3.63) is 92.2 Å². The average molecular weight is 397 g/mol. The molecule has 0 aliphatic rings. The lowest BCUT2D eigenvalue weighted by Gasteiger charge is -2.10. The quantitative estimate of drug-likeness (QED) is 0.393. The molecule has 0 radical (unpaired) electrons. The first kappa shape index (κ1) is 19.3. The van der Waals surface area contributed by atoms with Crippen molar-refractivity contribution >= 4 is 29.4 Å². The van der Waals surface area contributed by atoms with Crippen molar-refractivity contribution < 1.29 is 9.72 Å². The molecule has 0 saturated heterocycles. The molecule has 142 valence electrons. The lowest BCUT2D eigenvalue weighted by molar-refractivity contribution is -0.385. The molecule has 0 fully saturated rings. The molecule has 0 bridgehead atoms. The molecule has 0 unspecified atom stereocenters. The van der Waals surface area contributed by atoms with Gasteiger partial charge >= 0.3 is 0 Å². The molecule has 7 nitrogen and oxygen atoms in total. The summed E-state index contributed by atoms with van der Waals surface area (Å²) in [6.07, 6.45) is 1.20. The second-order valence-electron chi connectivity index (χ2n) is 6.16. The van der Waals surface area contributed by atoms with Crippen LogP contribution in [0.15, 0.2) is 59.7 Å². The van der Waals surface area contributed by atoms with Crippen molar-refractivity contribution in [3.8, 4) is 5.69 Å². The van der Waals surface area contributed by atoms with E-state index in [1.54, 1.807) is 12.1 Å². The molecule has 28 heavy (non-hydrogen) atoms. The molecule has 0 atom stereocenters. The molecule has 3 aromatic rings. The van der Waals surface area contributed by atoms with E-state index in [-0.39, 0.29) is 11.3 Å². The number of nitro groups is 1. The van der Waals surface area contributed by atoms with Crippen LogP contribution in [0.25, 0.3) is 5.69 Å². The number of rotatable bonds is 5. The van der Waals surface area contributed by atoms with Crippen LogP contribution in [0.2, 0.25) is 5.02 Å². The van der Waals surface area contributed by atoms with Crippen molar-refractivity contribution in [1.29, 1.82) is 0 Å². The van der Waals surface area contributed by atoms with Crippen molar-refractivity contribution in [2.45, 2.75) is 13.8 Å². The topological polar surface area (TPSA) is 89.5 Å². The first-order valence-corrected chi connectivity index (χ1v) is 8.77. The lowest BCUT2D eigenvalue weighted by atomic mass is 10.2. The Balaban J connectivity index is 1.73. The summed E-state index contributed by atoms with van der Waals surface area (Å²) in [4.78, 5) is 22.8. The Kier molecular flexibility index (Phi) is 5.56. The maximum absolute atomic E-state index is 12.3. The summed E-state index contributed by atoms with van der Waals surface area (Å²) >= 11 is 5.86. The number of aryl methyl sites for hydroxylation is 2. The van der Waals surface area contributed by atoms with Gasteiger partial charge in [-0.1, -0.05) is 11.6 Å². The Morgan fingerprint density at radius 1 is 1.11 bits per heavy atom. The van der Waals surface area contributed by atoms with E-state index in [1.807, 2.05) is 38.1 Å². The summed E-state index contributed by atoms with van der Waals surface area (Å²) < 4.78 is 2.08. The smallest absolute Gasteiger partial charge is 0.278 e. The van der Waals surface area contributed by atoms with Gasteiger partial charge in [-0.2, -0.15) is 5.10 Å². The number of carbonyl (C=O) groups excluding carboxylic acids is 1. The maximum atomic E-state index is 12.3. The third kappa shape index (κ3) is 4.10. The summed E-state index contributed by atoms with van der Waals surface area (Å²) in [7, 11) is 0. The SMILES string of the molecule is Cc1ccc(C)n1-c1ccc(C(=O)N/N=C\c2cc(Cl)ccc2[N+](=O)[O-])cc1. The highest BCUT2D eigenvalue weighted by molar-refractivity contribution is 6.31. The molecule has 0 aliphatic heterocycles. The molecule has 1 aromatic heterocycles. The highest BCUT2D eigenvalue weighted by atomic mass is 35.5. The molecular formula is C20H17ClN4O3. The third-order valence-corrected chi connectivity index (χ3v) is 4.45. The standard InChI is InChI=1S/C20H17ClN4O3/c1-13-3-4-14(2)24(13)18-8-5-15(6-9-18)20(26)23-22-12-16-11-17(21)7-10-19(16)25(27)28/h3-12H,1-2H3,(H,23,26)/b22-12-. The summed E-state index contributed by atoms with van der Waals surface area (Å²) in [5.74, 6) is -0.423. The molecule has 0 aliphatic carbocycles. The van der Waals surface area contributed by atoms with Gasteiger partial charge in [-0.3, -0.25) is 14.9 Å². The van der Waals surface area contributed by atoms with E-state index >= 15 is 0 Å². The molecule has 2 aromatic carbocycles. The van der Waals surface area contributed by atoms with Gasteiger partial charge in [-0.05, 0) is 62.4 Å². The molecule has 1 N–H and O–H groups in total. The Labute approximate surface area is 166 Å². The predicted octanol–water partition coefficient (Wildman–Crippen LogP) is 4.42. The van der Waals surface area contributed by atoms with Crippen LogP contribution < -0.4 is 5.43 Å². The Morgan fingerprint density at radius 2 is 1.75 bits per heavy atom. The summed E-state index contributed by atoms with van der Waals surface area (Å²) in [5, 5.41) is 15.2. The van der Waals surface area contributed by atoms with Gasteiger partial charge in [0, 0.05) is 33.7 Å². The van der Waals surface area contributed by atoms with E-state index in [0.717, 1.165) is 17.1 Å². The fraction of sp³-hybridized carbons (Fsp3) is 0.100. The number of hydrazone groups is 1. The fourth-order valence-corrected chi connectivity index (χ4v) is 3.04. The first-order valence-electron chi connectivity index (χ1n) is 8.39. The Bertz CT molecular complexity index is 1050. The van der Waals surface area contributed by atoms with Crippen LogP contribution >= 0.6 is 11.6 Å². The number of aromatic nitrogens is 1. The van der Waals surface area contributed by atoms with E-state index in [1.165, 1.54) is 24.4 Å². The minimum atomic E-state index is -0.538. The fourth-order valence-electron chi connectivity index (χ4n) is 2.86. The van der Waals surface area contributed by atoms with E-state index in [4.69, 9.17) is 11.6 Å². The van der Waals surface area contributed by atoms with Crippen LogP contribution in [0.5, 0.6) is 0 Å². The van der Waals surface area contributed by atoms with E-state index in [0.29, 0.717) is 10.6 Å². The number of amides is 1. The molecule has 1 heterocycles. The van der Waals surface area contributed by atoms with Crippen LogP contribution in [-0.4, -0.2) is 21.6 Å². The van der Waals surface area contributed by atoms with Crippen molar-refractivity contribution in [1.82, 2.24) is 9.99 Å². The largest absolute Gasteiger partial charge is 0.319 e. The van der Waals surface area contributed by atoms with E-state index in [9.17, 15) is 14.9 Å². The number of nitro benzene ring substituents is 1. The third-order valence-electron chi connectivity index (χ3n) is 4.21. The van der Waals surface area contributed by atoms with Gasteiger partial charge in [0.25, 0.3) is 11.6 Å². The Morgan fingerprint density at radius 3 is 2.36 bits per heavy atom. The van der Waals surface area contributed by atoms with Gasteiger partial charge in [0.15, 0.2) is 0 Å². The summed E-state index contributed by atoms with van der Waals surface area (Å²) in [6, 6.07) is 15.3. The predicted molar refractivity (Wildman–Crippen MR) is 108 cm³/mol. The molecule has 0 spiro atoms. The number of nitrogens with zero attached hydrogens (tertiary/aromatic N) is 3. The summed E-state index contributed by atoms with van der Waals surface area (Å²) in [6.45, 7) is 4.02. The lowest BCUT2D eigenvalue weighted by Crippen LogP contribution is -2.17. The zero-order valence-electron chi connectivity index (χ0n) is 15.2. The van der Waals surface area contributed by atoms with Crippen molar-refractivity contribution in [3.63, 3.8) is 0 Å². The monoisotopic (exact) mass is 396 g/mol. The van der Waals surface area contributed by atoms with Crippen LogP contribution in [-0.2, 0) is 0 Å². The zero-order chi connectivity index (χ0) is 20.3. The van der Waals surface area contributed by atoms with Crippen LogP contribution in [0.1, 0.15) is 27.3 Å². The number of nitrogens with one attached hydrogen (secondary N) is 1. The number of benzene rings is 2. The molecule has 8 heteroatoms. The highest BCUT2D eigenvalue weighted by Gasteiger charge is 2.12. The number of hydrogen-bond donors (Lipinski definition) is 1. The first-order chi connectivity index (χ1) is 13.4. The normalized spacial score (nSPS) is 11.0. The minimum Gasteiger partial charge on any atom is -0.319 e. The number of carbonyl (C=O) groups is 1. The van der Waals surface area contributed by atoms with Gasteiger partial charge in [-0.15, -0.1) is 0 Å². The van der Waals surface area contributed by atoms with Crippen molar-refractivity contribution in [2.75, 3.05) is 0 Å². The molecule has 1 amide bonds. The molecular weight excluding hydrogens is 380 g/mol. The average Bonchev–Trinajstić information content (AvgIpc) is 3.00. The van der Waals surface area contributed by atoms with E-state index < -0.39 is 10.8 Å². The minimum absolute atomic E-state index is 0.149. The van der Waals surface area contributed by atoms with Crippen LogP contribution in [0, 0.1) is 24.0 Å². The molecule has 3 rings (SSSR count). The van der Waals surface area contributed by atoms with Gasteiger partial charge < -0.3 is 4.57 Å². The van der Waals surface area contributed by atoms with Gasteiger partial charge in [0.1, 0.15) is 0 Å². The zero-order valence-corrected chi connectivity index (χ0v) is 16.0. The van der Waals surface area contributed by atoms with Gasteiger partial charge in [0.05, 0.1) is 16.7 Å². The van der Waals surface area contributed by atoms with Gasteiger partial charge in [0.2, 0.25) is 0 Å². The van der Waals surface area contributed by atoms with Crippen molar-refractivity contribution in [2.24, 2.45) is 5.10 Å². The second kappa shape index (κ2) is 8.06. The van der Waals surface area contributed by atoms with Gasteiger partial charge in [-0.25, -0.2) is 5.43 Å². The van der Waals surface area contributed by atoms with Crippen LogP contribution in [0.3, 0.4) is 0 Å². The summed E-state index contributed by atoms with van der Waals surface area (Å²) in [5.41, 5.74) is 5.99.